The number of aryl methyl sites for hydroxylation is 5. The van der Waals surface area contributed by atoms with E-state index in [0.29, 0.717) is 80.8 Å². The molecule has 0 amide bonds. The maximum absolute atomic E-state index is 12.4. The second kappa shape index (κ2) is 44.1. The van der Waals surface area contributed by atoms with Gasteiger partial charge in [-0.1, -0.05) is 21.9 Å². The fourth-order valence-corrected chi connectivity index (χ4v) is 11.3. The zero-order valence-corrected chi connectivity index (χ0v) is 72.0. The van der Waals surface area contributed by atoms with Crippen LogP contribution in [0.25, 0.3) is 142 Å². The van der Waals surface area contributed by atoms with Crippen molar-refractivity contribution >= 4 is 85.3 Å². The van der Waals surface area contributed by atoms with Crippen molar-refractivity contribution in [3.8, 4) is 109 Å². The molecule has 0 radical (unpaired) electrons. The number of nitriles is 1. The van der Waals surface area contributed by atoms with Gasteiger partial charge in [0.1, 0.15) is 78.1 Å². The van der Waals surface area contributed by atoms with Gasteiger partial charge in [0.25, 0.3) is 5.89 Å². The van der Waals surface area contributed by atoms with Crippen LogP contribution in [0.2, 0.25) is 5.15 Å². The van der Waals surface area contributed by atoms with Gasteiger partial charge in [-0.2, -0.15) is 23.4 Å². The average Bonchev–Trinajstić information content (AvgIpc) is 1.70. The van der Waals surface area contributed by atoms with Gasteiger partial charge in [0, 0.05) is 119 Å². The lowest BCUT2D eigenvalue weighted by atomic mass is 10.1. The first kappa shape index (κ1) is 91.4. The van der Waals surface area contributed by atoms with Gasteiger partial charge in [-0.25, -0.2) is 72.9 Å². The Kier molecular flexibility index (Phi) is 30.5. The van der Waals surface area contributed by atoms with E-state index in [4.69, 9.17) is 67.5 Å². The number of pyridine rings is 2. The summed E-state index contributed by atoms with van der Waals surface area (Å²) in [7, 11) is 9.55. The molecule has 0 aliphatic carbocycles. The summed E-state index contributed by atoms with van der Waals surface area (Å²) in [5, 5.41) is 66.5. The van der Waals surface area contributed by atoms with Crippen LogP contribution < -0.4 is 28.4 Å². The zero-order chi connectivity index (χ0) is 92.9. The molecule has 132 heavy (non-hydrogen) atoms. The number of hydrogen-bond donors (Lipinski definition) is 0. The molecule has 0 fully saturated rings. The molecular weight excluding hydrogens is 1740 g/mol. The molecule has 44 nitrogen and oxygen atoms in total. The Morgan fingerprint density at radius 2 is 0.750 bits per heavy atom. The summed E-state index contributed by atoms with van der Waals surface area (Å²) < 4.78 is 107. The third kappa shape index (κ3) is 26.4. The molecule has 18 rings (SSSR count). The molecule has 0 saturated carbocycles. The molecule has 0 N–H and O–H groups in total. The number of ether oxygens (including phenoxy) is 6. The number of alkyl halides is 3. The highest BCUT2D eigenvalue weighted by Crippen LogP contribution is 2.31. The summed E-state index contributed by atoms with van der Waals surface area (Å²) in [6.07, 6.45) is 30.6. The van der Waals surface area contributed by atoms with Crippen molar-refractivity contribution in [2.24, 2.45) is 0 Å². The first-order valence-corrected chi connectivity index (χ1v) is 38.6. The number of nitrogens with zero attached hydrogens (tertiary/aromatic N) is 32. The minimum Gasteiger partial charge on any atom is -0.497 e. The van der Waals surface area contributed by atoms with Crippen LogP contribution in [0, 0.1) is 45.9 Å². The van der Waals surface area contributed by atoms with E-state index in [9.17, 15) is 13.2 Å². The molecule has 18 aromatic rings. The second-order valence-electron chi connectivity index (χ2n) is 26.6. The van der Waals surface area contributed by atoms with Crippen molar-refractivity contribution in [1.82, 2.24) is 154 Å². The smallest absolute Gasteiger partial charge is 0.470 e. The largest absolute Gasteiger partial charge is 0.497 e. The zero-order valence-electron chi connectivity index (χ0n) is 71.2. The molecule has 0 bridgehead atoms. The lowest BCUT2D eigenvalue weighted by Gasteiger charge is -2.03. The first-order valence-electron chi connectivity index (χ1n) is 38.3. The molecule has 668 valence electrons. The van der Waals surface area contributed by atoms with Crippen molar-refractivity contribution < 1.29 is 68.2 Å². The lowest BCUT2D eigenvalue weighted by Crippen LogP contribution is -2.04. The van der Waals surface area contributed by atoms with Gasteiger partial charge in [0.05, 0.1) is 42.7 Å². The Labute approximate surface area is 749 Å². The average molecular weight is 1810 g/mol. The van der Waals surface area contributed by atoms with Gasteiger partial charge in [-0.05, 0) is 148 Å². The van der Waals surface area contributed by atoms with Crippen molar-refractivity contribution in [1.29, 1.82) is 5.26 Å². The SMILES string of the molecule is COc1cc(-c2ncn(/C=C\c3nnco3)n2)cc(C)n1.COc1cc(-c2ncn(/C=C\c3nnco3)n2)cc(Cl)n1.COc1cc(C)cc(-c2ncn(/C=C\c3cocn3)n2)c1.COc1cc(C)cc(-c2ncn(/C=C\c3ncno3)n2)c1.COc1cc(C)cc(-c2ncn(/C=C\c3nnc(C#N)o3)n2)c1.COc1cc(C)cc(-c2ncn(/C=C\c3nnc(C(F)(F)F)o3)n2)c1. The predicted octanol–water partition coefficient (Wildman–Crippen LogP) is 14.3. The molecular formula is C84H72ClF3N32O12. The highest BCUT2D eigenvalue weighted by Gasteiger charge is 2.38. The summed E-state index contributed by atoms with van der Waals surface area (Å²) in [5.74, 6) is 6.88. The Hall–Kier alpha value is -18.3. The van der Waals surface area contributed by atoms with Crippen LogP contribution in [-0.4, -0.2) is 197 Å². The molecule has 48 heteroatoms. The molecule has 0 spiro atoms. The van der Waals surface area contributed by atoms with Crippen LogP contribution in [0.5, 0.6) is 34.8 Å². The Bertz CT molecular complexity index is 6490. The van der Waals surface area contributed by atoms with E-state index in [2.05, 4.69) is 131 Å². The summed E-state index contributed by atoms with van der Waals surface area (Å²) in [4.78, 5) is 41.6. The predicted molar refractivity (Wildman–Crippen MR) is 465 cm³/mol. The van der Waals surface area contributed by atoms with Crippen molar-refractivity contribution in [3.05, 3.63) is 247 Å². The van der Waals surface area contributed by atoms with Gasteiger partial charge < -0.3 is 55.0 Å². The molecule has 0 aliphatic heterocycles. The Morgan fingerprint density at radius 1 is 0.379 bits per heavy atom. The second-order valence-corrected chi connectivity index (χ2v) is 27.0. The molecule has 0 atom stereocenters. The molecule has 14 heterocycles. The minimum atomic E-state index is -4.68. The van der Waals surface area contributed by atoms with Crippen LogP contribution in [0.1, 0.15) is 74.9 Å². The minimum absolute atomic E-state index is 0.0872. The summed E-state index contributed by atoms with van der Waals surface area (Å²) >= 11 is 5.92. The number of rotatable bonds is 24. The van der Waals surface area contributed by atoms with Crippen molar-refractivity contribution in [2.75, 3.05) is 42.7 Å². The Balaban J connectivity index is 0.000000135. The number of methoxy groups -OCH3 is 6. The van der Waals surface area contributed by atoms with Gasteiger partial charge in [0.15, 0.2) is 53.7 Å². The van der Waals surface area contributed by atoms with Crippen molar-refractivity contribution in [3.63, 3.8) is 0 Å². The van der Waals surface area contributed by atoms with Gasteiger partial charge >= 0.3 is 18.0 Å². The van der Waals surface area contributed by atoms with Crippen LogP contribution in [0.15, 0.2) is 193 Å². The molecule has 4 aromatic carbocycles. The van der Waals surface area contributed by atoms with E-state index in [0.717, 1.165) is 78.7 Å². The fraction of sp³-hybridized carbons (Fsp3) is 0.143. The highest BCUT2D eigenvalue weighted by atomic mass is 35.5. The third-order valence-corrected chi connectivity index (χ3v) is 17.1. The summed E-state index contributed by atoms with van der Waals surface area (Å²) in [6.45, 7) is 9.78. The highest BCUT2D eigenvalue weighted by molar-refractivity contribution is 6.29. The van der Waals surface area contributed by atoms with Crippen molar-refractivity contribution in [2.45, 2.75) is 40.8 Å². The number of oxazole rings is 1. The molecule has 0 saturated heterocycles. The van der Waals surface area contributed by atoms with Gasteiger partial charge in [-0.15, -0.1) is 66.3 Å². The molecule has 0 unspecified atom stereocenters. The van der Waals surface area contributed by atoms with Crippen LogP contribution in [0.4, 0.5) is 13.2 Å². The monoisotopic (exact) mass is 1810 g/mol. The fourth-order valence-electron chi connectivity index (χ4n) is 11.1. The number of hydrogen-bond acceptors (Lipinski definition) is 38. The number of halogens is 4. The van der Waals surface area contributed by atoms with E-state index in [-0.39, 0.29) is 17.7 Å². The summed E-state index contributed by atoms with van der Waals surface area (Å²) in [5.41, 5.74) is 10.7. The molecule has 14 aromatic heterocycles. The number of aromatic nitrogens is 31. The lowest BCUT2D eigenvalue weighted by molar-refractivity contribution is -0.157. The molecule has 0 aliphatic rings. The Morgan fingerprint density at radius 3 is 1.09 bits per heavy atom. The van der Waals surface area contributed by atoms with Gasteiger partial charge in [-0.3, -0.25) is 0 Å². The van der Waals surface area contributed by atoms with E-state index in [1.165, 1.54) is 65.3 Å². The quantitative estimate of drug-likeness (QED) is 0.0507. The topological polar surface area (TPSA) is 510 Å². The standard InChI is InChI=1S/C15H12F3N5O2.C15H12N6O2.C15H14N4O2.C14H13N5O2.C13H12N6O2.C12H9ClN6O2/c1-9-5-10(7-11(6-9)24-2)13-19-8-23(22-13)4-3-12-20-21-14(25-12)15(16,17)18;1-10-5-11(7-12(6-10)22-2)15-17-9-21(20-15)4-3-13-18-19-14(8-16)23-13;1-11-5-12(7-14(6-11)20-2)15-16-9-19(18-15)4-3-13-8-21-10-17-13;1-10-5-11(7-12(6-10)20-2)14-16-9-19(18-14)4-3-13-15-8-17-21-13;1-9-5-10(6-12(16-9)20-2)13-14-7-19(18-13)4-3-11-17-15-8-21-11;1-20-11-5-8(4-9(13)16-11)12-14-6-19(18-12)3-2-10-17-15-7-21-10/h3-8H,1-2H3;3-7,9H,1-2H3;3-10H,1-2H3;3-9H,1-2H3;3-8H,1-2H3;2-7H,1H3/b5*4-3-;3-2-. The maximum atomic E-state index is 12.4. The van der Waals surface area contributed by atoms with Crippen LogP contribution in [-0.2, 0) is 6.18 Å². The van der Waals surface area contributed by atoms with E-state index in [1.807, 2.05) is 107 Å². The summed E-state index contributed by atoms with van der Waals surface area (Å²) in [6, 6.07) is 31.9. The van der Waals surface area contributed by atoms with E-state index in [1.54, 1.807) is 179 Å². The van der Waals surface area contributed by atoms with E-state index >= 15 is 0 Å². The van der Waals surface area contributed by atoms with Gasteiger partial charge in [0.2, 0.25) is 48.1 Å². The first-order chi connectivity index (χ1) is 64.0. The van der Waals surface area contributed by atoms with E-state index < -0.39 is 12.1 Å². The van der Waals surface area contributed by atoms with Crippen LogP contribution >= 0.6 is 11.6 Å². The number of benzene rings is 4. The normalized spacial score (nSPS) is 11.3. The van der Waals surface area contributed by atoms with Crippen LogP contribution in [0.3, 0.4) is 0 Å². The third-order valence-electron chi connectivity index (χ3n) is 16.9. The maximum Gasteiger partial charge on any atom is 0.470 e.